The summed E-state index contributed by atoms with van der Waals surface area (Å²) in [6.07, 6.45) is 1.82. The van der Waals surface area contributed by atoms with Gasteiger partial charge in [0.05, 0.1) is 18.3 Å². The summed E-state index contributed by atoms with van der Waals surface area (Å²) in [5.74, 6) is 0.137. The van der Waals surface area contributed by atoms with Gasteiger partial charge in [0.15, 0.2) is 5.17 Å². The highest BCUT2D eigenvalue weighted by atomic mass is 32.2. The summed E-state index contributed by atoms with van der Waals surface area (Å²) in [5, 5.41) is 7.15. The van der Waals surface area contributed by atoms with E-state index in [1.807, 2.05) is 47.1 Å². The predicted molar refractivity (Wildman–Crippen MR) is 97.2 cm³/mol. The fraction of sp³-hybridized carbons (Fsp3) is 0.471. The fourth-order valence-electron chi connectivity index (χ4n) is 3.16. The number of thioether (sulfide) groups is 1. The Morgan fingerprint density at radius 1 is 1.25 bits per heavy atom. The first-order valence-electron chi connectivity index (χ1n) is 8.35. The minimum atomic E-state index is 0.137. The van der Waals surface area contributed by atoms with Gasteiger partial charge in [0.1, 0.15) is 6.54 Å². The number of nitrogens with zero attached hydrogens (tertiary/aromatic N) is 5. The van der Waals surface area contributed by atoms with Gasteiger partial charge in [0.2, 0.25) is 5.91 Å². The van der Waals surface area contributed by atoms with Crippen LogP contribution in [0.2, 0.25) is 0 Å². The Labute approximate surface area is 145 Å². The van der Waals surface area contributed by atoms with Crippen molar-refractivity contribution in [3.63, 3.8) is 0 Å². The molecule has 1 amide bonds. The lowest BCUT2D eigenvalue weighted by Gasteiger charge is -2.35. The van der Waals surface area contributed by atoms with Crippen molar-refractivity contribution in [2.24, 2.45) is 4.99 Å². The Balaban J connectivity index is 1.36. The number of amidine groups is 1. The van der Waals surface area contributed by atoms with Crippen molar-refractivity contribution in [3.05, 3.63) is 30.5 Å². The van der Waals surface area contributed by atoms with E-state index >= 15 is 0 Å². The Hall–Kier alpha value is -2.02. The molecule has 3 heterocycles. The Morgan fingerprint density at radius 2 is 2.04 bits per heavy atom. The molecule has 2 aromatic rings. The molecule has 1 fully saturated rings. The third-order valence-corrected chi connectivity index (χ3v) is 5.68. The van der Waals surface area contributed by atoms with Gasteiger partial charge in [0.25, 0.3) is 0 Å². The second-order valence-electron chi connectivity index (χ2n) is 6.28. The molecule has 1 saturated heterocycles. The molecule has 6 nitrogen and oxygen atoms in total. The summed E-state index contributed by atoms with van der Waals surface area (Å²) in [6, 6.07) is 7.98. The van der Waals surface area contributed by atoms with Crippen molar-refractivity contribution in [3.8, 4) is 0 Å². The molecule has 0 bridgehead atoms. The van der Waals surface area contributed by atoms with Crippen LogP contribution >= 0.6 is 11.8 Å². The van der Waals surface area contributed by atoms with Gasteiger partial charge in [-0.3, -0.25) is 14.5 Å². The van der Waals surface area contributed by atoms with Gasteiger partial charge in [-0.05, 0) is 6.07 Å². The molecule has 1 aromatic heterocycles. The summed E-state index contributed by atoms with van der Waals surface area (Å²) in [4.78, 5) is 21.4. The maximum absolute atomic E-state index is 12.6. The van der Waals surface area contributed by atoms with E-state index in [1.165, 1.54) is 0 Å². The van der Waals surface area contributed by atoms with Crippen molar-refractivity contribution in [1.29, 1.82) is 0 Å². The number of carbonyl (C=O) groups excluding carboxylic acids is 1. The summed E-state index contributed by atoms with van der Waals surface area (Å²) in [6.45, 7) is 6.66. The average molecular weight is 343 g/mol. The summed E-state index contributed by atoms with van der Waals surface area (Å²) in [7, 11) is 0. The highest BCUT2D eigenvalue weighted by Gasteiger charge is 2.26. The zero-order chi connectivity index (χ0) is 16.5. The highest BCUT2D eigenvalue weighted by molar-refractivity contribution is 8.14. The Kier molecular flexibility index (Phi) is 4.18. The van der Waals surface area contributed by atoms with Crippen molar-refractivity contribution < 1.29 is 4.79 Å². The lowest BCUT2D eigenvalue weighted by molar-refractivity contribution is -0.133. The van der Waals surface area contributed by atoms with E-state index in [9.17, 15) is 4.79 Å². The number of hydrogen-bond donors (Lipinski definition) is 0. The number of aliphatic imine (C=N–C) groups is 1. The van der Waals surface area contributed by atoms with E-state index < -0.39 is 0 Å². The van der Waals surface area contributed by atoms with Crippen LogP contribution in [-0.4, -0.2) is 68.6 Å². The van der Waals surface area contributed by atoms with Crippen LogP contribution in [0.5, 0.6) is 0 Å². The van der Waals surface area contributed by atoms with Gasteiger partial charge in [-0.1, -0.05) is 36.9 Å². The van der Waals surface area contributed by atoms with Crippen LogP contribution in [0.1, 0.15) is 6.92 Å². The Morgan fingerprint density at radius 3 is 2.79 bits per heavy atom. The zero-order valence-electron chi connectivity index (χ0n) is 13.8. The first-order valence-corrected chi connectivity index (χ1v) is 9.23. The number of aromatic nitrogens is 2. The second kappa shape index (κ2) is 6.47. The number of carbonyl (C=O) groups is 1. The number of para-hydroxylation sites is 1. The number of hydrogen-bond acceptors (Lipinski definition) is 5. The van der Waals surface area contributed by atoms with Crippen LogP contribution < -0.4 is 0 Å². The van der Waals surface area contributed by atoms with Crippen molar-refractivity contribution in [2.45, 2.75) is 18.7 Å². The van der Waals surface area contributed by atoms with Crippen molar-refractivity contribution in [1.82, 2.24) is 19.6 Å². The molecule has 7 heteroatoms. The monoisotopic (exact) mass is 343 g/mol. The second-order valence-corrected chi connectivity index (χ2v) is 7.69. The summed E-state index contributed by atoms with van der Waals surface area (Å²) in [5.41, 5.74) is 1.01. The largest absolute Gasteiger partial charge is 0.348 e. The molecule has 24 heavy (non-hydrogen) atoms. The number of benzene rings is 1. The number of fused-ring (bicyclic) bond motifs is 1. The SMILES string of the molecule is CC1CN=C(N2CCN(C(=O)Cn3ncc4ccccc43)CC2)S1. The molecular weight excluding hydrogens is 322 g/mol. The van der Waals surface area contributed by atoms with Gasteiger partial charge in [-0.15, -0.1) is 0 Å². The highest BCUT2D eigenvalue weighted by Crippen LogP contribution is 2.23. The summed E-state index contributed by atoms with van der Waals surface area (Å²) < 4.78 is 1.79. The predicted octanol–water partition coefficient (Wildman–Crippen LogP) is 1.67. The number of amides is 1. The molecule has 0 radical (unpaired) electrons. The fourth-order valence-corrected chi connectivity index (χ4v) is 4.15. The first-order chi connectivity index (χ1) is 11.7. The maximum Gasteiger partial charge on any atom is 0.244 e. The van der Waals surface area contributed by atoms with Crippen LogP contribution in [0.4, 0.5) is 0 Å². The smallest absolute Gasteiger partial charge is 0.244 e. The standard InChI is InChI=1S/C17H21N5OS/c1-13-10-18-17(24-13)21-8-6-20(7-9-21)16(23)12-22-15-5-3-2-4-14(15)11-19-22/h2-5,11,13H,6-10,12H2,1H3. The molecule has 126 valence electrons. The van der Waals surface area contributed by atoms with E-state index in [1.54, 1.807) is 4.68 Å². The molecule has 2 aliphatic heterocycles. The topological polar surface area (TPSA) is 53.7 Å². The maximum atomic E-state index is 12.6. The molecule has 1 atom stereocenters. The van der Waals surface area contributed by atoms with E-state index in [-0.39, 0.29) is 5.91 Å². The molecule has 1 unspecified atom stereocenters. The molecule has 0 spiro atoms. The van der Waals surface area contributed by atoms with Gasteiger partial charge < -0.3 is 9.80 Å². The number of rotatable bonds is 2. The molecule has 1 aromatic carbocycles. The summed E-state index contributed by atoms with van der Waals surface area (Å²) >= 11 is 1.85. The van der Waals surface area contributed by atoms with E-state index in [0.717, 1.165) is 48.8 Å². The minimum Gasteiger partial charge on any atom is -0.348 e. The van der Waals surface area contributed by atoms with Gasteiger partial charge in [0, 0.05) is 36.8 Å². The van der Waals surface area contributed by atoms with Crippen molar-refractivity contribution >= 4 is 33.7 Å². The van der Waals surface area contributed by atoms with Crippen molar-refractivity contribution in [2.75, 3.05) is 32.7 Å². The number of piperazine rings is 1. The van der Waals surface area contributed by atoms with E-state index in [4.69, 9.17) is 0 Å². The van der Waals surface area contributed by atoms with E-state index in [0.29, 0.717) is 11.8 Å². The van der Waals surface area contributed by atoms with Crippen LogP contribution in [0, 0.1) is 0 Å². The van der Waals surface area contributed by atoms with Crippen LogP contribution in [-0.2, 0) is 11.3 Å². The quantitative estimate of drug-likeness (QED) is 0.832. The zero-order valence-corrected chi connectivity index (χ0v) is 14.6. The van der Waals surface area contributed by atoms with Crippen LogP contribution in [0.15, 0.2) is 35.5 Å². The molecular formula is C17H21N5OS. The van der Waals surface area contributed by atoms with Crippen LogP contribution in [0.3, 0.4) is 0 Å². The molecule has 4 rings (SSSR count). The van der Waals surface area contributed by atoms with Crippen LogP contribution in [0.25, 0.3) is 10.9 Å². The average Bonchev–Trinajstić information content (AvgIpc) is 3.22. The van der Waals surface area contributed by atoms with Gasteiger partial charge in [-0.2, -0.15) is 5.10 Å². The molecule has 0 saturated carbocycles. The lowest BCUT2D eigenvalue weighted by atomic mass is 10.2. The molecule has 0 aliphatic carbocycles. The third-order valence-electron chi connectivity index (χ3n) is 4.53. The first kappa shape index (κ1) is 15.5. The minimum absolute atomic E-state index is 0.137. The van der Waals surface area contributed by atoms with Gasteiger partial charge >= 0.3 is 0 Å². The Bertz CT molecular complexity index is 778. The molecule has 0 N–H and O–H groups in total. The normalized spacial score (nSPS) is 21.4. The molecule has 2 aliphatic rings. The van der Waals surface area contributed by atoms with Gasteiger partial charge in [-0.25, -0.2) is 0 Å². The van der Waals surface area contributed by atoms with E-state index in [2.05, 4.69) is 21.9 Å². The third kappa shape index (κ3) is 3.00. The lowest BCUT2D eigenvalue weighted by Crippen LogP contribution is -2.50.